The van der Waals surface area contributed by atoms with Crippen molar-refractivity contribution in [1.29, 1.82) is 0 Å². The number of benzene rings is 1. The Kier molecular flexibility index (Phi) is 4.33. The topological polar surface area (TPSA) is 50.2 Å². The summed E-state index contributed by atoms with van der Waals surface area (Å²) in [4.78, 5) is 15.7. The fourth-order valence-corrected chi connectivity index (χ4v) is 2.20. The second-order valence-electron chi connectivity index (χ2n) is 5.59. The van der Waals surface area contributed by atoms with E-state index >= 15 is 0 Å². The molecular formula is C17H18ClNO2. The van der Waals surface area contributed by atoms with Gasteiger partial charge in [-0.2, -0.15) is 0 Å². The van der Waals surface area contributed by atoms with Gasteiger partial charge in [0.15, 0.2) is 0 Å². The molecule has 1 aromatic heterocycles. The van der Waals surface area contributed by atoms with Gasteiger partial charge in [0.2, 0.25) is 0 Å². The van der Waals surface area contributed by atoms with E-state index in [1.165, 1.54) is 0 Å². The lowest BCUT2D eigenvalue weighted by molar-refractivity contribution is -0.144. The normalized spacial score (nSPS) is 12.2. The second-order valence-corrected chi connectivity index (χ2v) is 5.99. The standard InChI is InChI=1S/C17H18ClNO2/c1-4-12-10-14(18)13-6-5-11(9-15(13)19-12)7-8-17(2,3)16(20)21/h5-10H,4H2,1-3H3,(H,20,21)/b8-7+. The van der Waals surface area contributed by atoms with Gasteiger partial charge in [0.1, 0.15) is 0 Å². The predicted molar refractivity (Wildman–Crippen MR) is 86.6 cm³/mol. The molecule has 1 N–H and O–H groups in total. The third-order valence-electron chi connectivity index (χ3n) is 3.44. The first-order chi connectivity index (χ1) is 9.83. The first-order valence-electron chi connectivity index (χ1n) is 6.85. The van der Waals surface area contributed by atoms with Crippen LogP contribution < -0.4 is 0 Å². The number of aliphatic carboxylic acids is 1. The number of halogens is 1. The first kappa shape index (κ1) is 15.5. The summed E-state index contributed by atoms with van der Waals surface area (Å²) in [6.45, 7) is 5.36. The van der Waals surface area contributed by atoms with Crippen LogP contribution in [0.25, 0.3) is 17.0 Å². The molecule has 0 radical (unpaired) electrons. The maximum Gasteiger partial charge on any atom is 0.312 e. The molecule has 0 aliphatic heterocycles. The highest BCUT2D eigenvalue weighted by atomic mass is 35.5. The van der Waals surface area contributed by atoms with Crippen molar-refractivity contribution >= 4 is 34.5 Å². The molecule has 1 aromatic carbocycles. The minimum Gasteiger partial charge on any atom is -0.481 e. The summed E-state index contributed by atoms with van der Waals surface area (Å²) in [5, 5.41) is 10.7. The van der Waals surface area contributed by atoms with Crippen LogP contribution in [-0.2, 0) is 11.2 Å². The van der Waals surface area contributed by atoms with Crippen molar-refractivity contribution in [3.05, 3.63) is 46.6 Å². The minimum absolute atomic E-state index is 0.693. The van der Waals surface area contributed by atoms with E-state index in [0.717, 1.165) is 28.6 Å². The summed E-state index contributed by atoms with van der Waals surface area (Å²) >= 11 is 6.25. The van der Waals surface area contributed by atoms with Crippen LogP contribution in [0.2, 0.25) is 5.02 Å². The zero-order chi connectivity index (χ0) is 15.6. The molecule has 2 aromatic rings. The monoisotopic (exact) mass is 303 g/mol. The third-order valence-corrected chi connectivity index (χ3v) is 3.76. The molecule has 4 heteroatoms. The number of fused-ring (bicyclic) bond motifs is 1. The molecule has 0 fully saturated rings. The number of carboxylic acids is 1. The zero-order valence-corrected chi connectivity index (χ0v) is 13.1. The number of aromatic nitrogens is 1. The molecule has 0 bridgehead atoms. The molecule has 0 saturated heterocycles. The molecule has 0 amide bonds. The van der Waals surface area contributed by atoms with Crippen LogP contribution in [0.3, 0.4) is 0 Å². The van der Waals surface area contributed by atoms with Gasteiger partial charge < -0.3 is 5.11 Å². The Labute approximate surface area is 129 Å². The number of hydrogen-bond acceptors (Lipinski definition) is 2. The molecule has 110 valence electrons. The summed E-state index contributed by atoms with van der Waals surface area (Å²) in [6, 6.07) is 7.63. The van der Waals surface area contributed by atoms with Gasteiger partial charge in [-0.15, -0.1) is 0 Å². The number of pyridine rings is 1. The van der Waals surface area contributed by atoms with Gasteiger partial charge in [0, 0.05) is 11.1 Å². The highest BCUT2D eigenvalue weighted by Gasteiger charge is 2.23. The van der Waals surface area contributed by atoms with Gasteiger partial charge >= 0.3 is 5.97 Å². The Morgan fingerprint density at radius 1 is 1.38 bits per heavy atom. The average Bonchev–Trinajstić information content (AvgIpc) is 2.44. The van der Waals surface area contributed by atoms with Crippen LogP contribution in [0, 0.1) is 5.41 Å². The highest BCUT2D eigenvalue weighted by molar-refractivity contribution is 6.35. The Hall–Kier alpha value is -1.87. The number of carboxylic acid groups (broad SMARTS) is 1. The van der Waals surface area contributed by atoms with E-state index in [-0.39, 0.29) is 0 Å². The van der Waals surface area contributed by atoms with Crippen molar-refractivity contribution in [1.82, 2.24) is 4.98 Å². The molecule has 1 heterocycles. The Morgan fingerprint density at radius 3 is 2.71 bits per heavy atom. The molecule has 3 nitrogen and oxygen atoms in total. The molecule has 21 heavy (non-hydrogen) atoms. The van der Waals surface area contributed by atoms with E-state index in [0.29, 0.717) is 5.02 Å². The van der Waals surface area contributed by atoms with Crippen molar-refractivity contribution in [3.63, 3.8) is 0 Å². The number of rotatable bonds is 4. The molecule has 0 aliphatic carbocycles. The van der Waals surface area contributed by atoms with Crippen molar-refractivity contribution in [2.24, 2.45) is 5.41 Å². The number of carbonyl (C=O) groups is 1. The molecule has 0 aliphatic rings. The maximum absolute atomic E-state index is 11.1. The van der Waals surface area contributed by atoms with Crippen molar-refractivity contribution in [2.45, 2.75) is 27.2 Å². The predicted octanol–water partition coefficient (Wildman–Crippen LogP) is 4.57. The number of hydrogen-bond donors (Lipinski definition) is 1. The molecule has 0 spiro atoms. The fourth-order valence-electron chi connectivity index (χ4n) is 1.91. The van der Waals surface area contributed by atoms with E-state index < -0.39 is 11.4 Å². The lowest BCUT2D eigenvalue weighted by Crippen LogP contribution is -2.20. The van der Waals surface area contributed by atoms with Crippen LogP contribution in [0.15, 0.2) is 30.3 Å². The Bertz CT molecular complexity index is 720. The van der Waals surface area contributed by atoms with E-state index in [2.05, 4.69) is 4.98 Å². The fraction of sp³-hybridized carbons (Fsp3) is 0.294. The van der Waals surface area contributed by atoms with Gasteiger partial charge in [0.05, 0.1) is 16.0 Å². The quantitative estimate of drug-likeness (QED) is 0.899. The smallest absolute Gasteiger partial charge is 0.312 e. The second kappa shape index (κ2) is 5.86. The van der Waals surface area contributed by atoms with E-state index in [1.54, 1.807) is 19.9 Å². The lowest BCUT2D eigenvalue weighted by atomic mass is 9.92. The molecule has 0 atom stereocenters. The van der Waals surface area contributed by atoms with Gasteiger partial charge in [-0.1, -0.05) is 42.8 Å². The zero-order valence-electron chi connectivity index (χ0n) is 12.4. The molecular weight excluding hydrogens is 286 g/mol. The third kappa shape index (κ3) is 3.42. The number of aryl methyl sites for hydroxylation is 1. The van der Waals surface area contributed by atoms with Crippen LogP contribution in [-0.4, -0.2) is 16.1 Å². The van der Waals surface area contributed by atoms with Crippen molar-refractivity contribution in [2.75, 3.05) is 0 Å². The summed E-state index contributed by atoms with van der Waals surface area (Å²) in [7, 11) is 0. The summed E-state index contributed by atoms with van der Waals surface area (Å²) < 4.78 is 0. The average molecular weight is 304 g/mol. The lowest BCUT2D eigenvalue weighted by Gasteiger charge is -2.13. The highest BCUT2D eigenvalue weighted by Crippen LogP contribution is 2.26. The molecule has 0 saturated carbocycles. The molecule has 0 unspecified atom stereocenters. The molecule has 2 rings (SSSR count). The Morgan fingerprint density at radius 2 is 2.10 bits per heavy atom. The van der Waals surface area contributed by atoms with E-state index in [9.17, 15) is 4.79 Å². The van der Waals surface area contributed by atoms with Crippen LogP contribution in [0.1, 0.15) is 32.0 Å². The summed E-state index contributed by atoms with van der Waals surface area (Å²) in [6.07, 6.45) is 4.31. The van der Waals surface area contributed by atoms with E-state index in [4.69, 9.17) is 16.7 Å². The van der Waals surface area contributed by atoms with Crippen molar-refractivity contribution in [3.8, 4) is 0 Å². The minimum atomic E-state index is -0.898. The van der Waals surface area contributed by atoms with Crippen LogP contribution in [0.5, 0.6) is 0 Å². The van der Waals surface area contributed by atoms with Crippen LogP contribution in [0.4, 0.5) is 0 Å². The van der Waals surface area contributed by atoms with Crippen LogP contribution >= 0.6 is 11.6 Å². The van der Waals surface area contributed by atoms with Gasteiger partial charge in [-0.05, 0) is 38.0 Å². The summed E-state index contributed by atoms with van der Waals surface area (Å²) in [5.41, 5.74) is 1.79. The first-order valence-corrected chi connectivity index (χ1v) is 7.23. The van der Waals surface area contributed by atoms with Crippen molar-refractivity contribution < 1.29 is 9.90 Å². The number of nitrogens with zero attached hydrogens (tertiary/aromatic N) is 1. The largest absolute Gasteiger partial charge is 0.481 e. The van der Waals surface area contributed by atoms with E-state index in [1.807, 2.05) is 37.3 Å². The van der Waals surface area contributed by atoms with Gasteiger partial charge in [0.25, 0.3) is 0 Å². The summed E-state index contributed by atoms with van der Waals surface area (Å²) in [5.74, 6) is -0.853. The maximum atomic E-state index is 11.1. The SMILES string of the molecule is CCc1cc(Cl)c2ccc(/C=C/C(C)(C)C(=O)O)cc2n1. The van der Waals surface area contributed by atoms with Gasteiger partial charge in [-0.3, -0.25) is 9.78 Å². The van der Waals surface area contributed by atoms with Gasteiger partial charge in [-0.25, -0.2) is 0 Å². The Balaban J connectivity index is 2.43.